The summed E-state index contributed by atoms with van der Waals surface area (Å²) < 4.78 is 42.8. The van der Waals surface area contributed by atoms with E-state index in [1.54, 1.807) is 12.2 Å². The Morgan fingerprint density at radius 2 is 1.47 bits per heavy atom. The second kappa shape index (κ2) is 9.95. The normalized spacial score (nSPS) is 12.9. The van der Waals surface area contributed by atoms with Crippen LogP contribution in [0.15, 0.2) is 78.9 Å². The Hall–Kier alpha value is -3.87. The second-order valence-corrected chi connectivity index (χ2v) is 7.89. The highest BCUT2D eigenvalue weighted by Crippen LogP contribution is 2.44. The van der Waals surface area contributed by atoms with Crippen LogP contribution in [-0.4, -0.2) is 31.2 Å². The highest BCUT2D eigenvalue weighted by atomic mass is 19.4. The van der Waals surface area contributed by atoms with E-state index in [0.29, 0.717) is 18.5 Å². The van der Waals surface area contributed by atoms with Gasteiger partial charge in [0.15, 0.2) is 0 Å². The van der Waals surface area contributed by atoms with Crippen molar-refractivity contribution in [2.75, 3.05) is 13.2 Å². The first-order valence-electron chi connectivity index (χ1n) is 10.8. The molecule has 1 N–H and O–H groups in total. The fraction of sp³-hybridized carbons (Fsp3) is 0.185. The van der Waals surface area contributed by atoms with Crippen LogP contribution in [0.4, 0.5) is 18.0 Å². The summed E-state index contributed by atoms with van der Waals surface area (Å²) in [6.07, 6.45) is -1.40. The van der Waals surface area contributed by atoms with Crippen molar-refractivity contribution < 1.29 is 27.5 Å². The number of hydrogen-bond acceptors (Lipinski definition) is 3. The third-order valence-electron chi connectivity index (χ3n) is 5.66. The molecule has 0 aromatic heterocycles. The molecule has 0 fully saturated rings. The van der Waals surface area contributed by atoms with Crippen molar-refractivity contribution in [3.8, 4) is 11.1 Å². The molecule has 0 saturated heterocycles. The largest absolute Gasteiger partial charge is 0.454 e. The van der Waals surface area contributed by atoms with Crippen molar-refractivity contribution in [1.82, 2.24) is 5.32 Å². The van der Waals surface area contributed by atoms with Crippen LogP contribution in [0, 0.1) is 0 Å². The maximum absolute atomic E-state index is 12.5. The molecule has 0 aliphatic heterocycles. The highest BCUT2D eigenvalue weighted by molar-refractivity contribution is 6.00. The number of halogens is 3. The standard InChI is InChI=1S/C27H22F3NO3/c28-27(29,30)25(32)19-14-12-18(13-15-19)7-5-6-16-31-26(33)34-17-24-22-10-3-1-8-20(22)21-9-2-4-11-23(21)24/h1-5,7-15,24H,6,16-17H2,(H,31,33). The van der Waals surface area contributed by atoms with Gasteiger partial charge in [-0.25, -0.2) is 4.79 Å². The van der Waals surface area contributed by atoms with Crippen molar-refractivity contribution in [2.24, 2.45) is 0 Å². The minimum absolute atomic E-state index is 0.00903. The van der Waals surface area contributed by atoms with Crippen molar-refractivity contribution in [2.45, 2.75) is 18.5 Å². The molecule has 174 valence electrons. The number of rotatable bonds is 7. The van der Waals surface area contributed by atoms with Gasteiger partial charge in [-0.3, -0.25) is 4.79 Å². The molecule has 0 atom stereocenters. The average molecular weight is 465 g/mol. The quantitative estimate of drug-likeness (QED) is 0.326. The van der Waals surface area contributed by atoms with Gasteiger partial charge in [-0.2, -0.15) is 13.2 Å². The fourth-order valence-corrected chi connectivity index (χ4v) is 4.04. The molecule has 3 aromatic rings. The number of carbonyl (C=O) groups excluding carboxylic acids is 2. The average Bonchev–Trinajstić information content (AvgIpc) is 3.15. The van der Waals surface area contributed by atoms with Crippen LogP contribution in [0.1, 0.15) is 39.4 Å². The van der Waals surface area contributed by atoms with Gasteiger partial charge in [-0.15, -0.1) is 0 Å². The Labute approximate surface area is 195 Å². The number of amides is 1. The van der Waals surface area contributed by atoms with E-state index < -0.39 is 23.6 Å². The summed E-state index contributed by atoms with van der Waals surface area (Å²) in [6, 6.07) is 21.4. The third-order valence-corrected chi connectivity index (χ3v) is 5.66. The van der Waals surface area contributed by atoms with Crippen molar-refractivity contribution in [1.29, 1.82) is 0 Å². The van der Waals surface area contributed by atoms with E-state index in [1.807, 2.05) is 24.3 Å². The predicted molar refractivity (Wildman–Crippen MR) is 124 cm³/mol. The van der Waals surface area contributed by atoms with E-state index in [9.17, 15) is 22.8 Å². The Bertz CT molecular complexity index is 1170. The summed E-state index contributed by atoms with van der Waals surface area (Å²) in [5.74, 6) is -1.87. The number of benzene rings is 3. The molecule has 0 radical (unpaired) electrons. The minimum Gasteiger partial charge on any atom is -0.449 e. The van der Waals surface area contributed by atoms with Gasteiger partial charge >= 0.3 is 12.3 Å². The molecule has 0 saturated carbocycles. The first-order chi connectivity index (χ1) is 16.3. The molecule has 7 heteroatoms. The van der Waals surface area contributed by atoms with Crippen molar-refractivity contribution in [3.05, 3.63) is 101 Å². The topological polar surface area (TPSA) is 55.4 Å². The zero-order valence-electron chi connectivity index (χ0n) is 18.1. The first-order valence-corrected chi connectivity index (χ1v) is 10.8. The van der Waals surface area contributed by atoms with E-state index in [4.69, 9.17) is 4.74 Å². The summed E-state index contributed by atoms with van der Waals surface area (Å²) in [4.78, 5) is 23.4. The SMILES string of the molecule is O=C(NCCC=Cc1ccc(C(=O)C(F)(F)F)cc1)OCC1c2ccccc2-c2ccccc21. The van der Waals surface area contributed by atoms with Gasteiger partial charge in [0.05, 0.1) is 0 Å². The summed E-state index contributed by atoms with van der Waals surface area (Å²) in [7, 11) is 0. The Balaban J connectivity index is 1.23. The van der Waals surface area contributed by atoms with Crippen LogP contribution in [0.2, 0.25) is 0 Å². The van der Waals surface area contributed by atoms with Gasteiger partial charge in [0, 0.05) is 18.0 Å². The van der Waals surface area contributed by atoms with Gasteiger partial charge in [0.25, 0.3) is 5.78 Å². The van der Waals surface area contributed by atoms with Crippen molar-refractivity contribution >= 4 is 18.0 Å². The molecular weight excluding hydrogens is 443 g/mol. The number of nitrogens with one attached hydrogen (secondary N) is 1. The summed E-state index contributed by atoms with van der Waals surface area (Å²) in [6.45, 7) is 0.580. The highest BCUT2D eigenvalue weighted by Gasteiger charge is 2.39. The lowest BCUT2D eigenvalue weighted by molar-refractivity contribution is -0.0885. The van der Waals surface area contributed by atoms with Crippen molar-refractivity contribution in [3.63, 3.8) is 0 Å². The maximum atomic E-state index is 12.5. The van der Waals surface area contributed by atoms with E-state index in [0.717, 1.165) is 34.4 Å². The molecular formula is C27H22F3NO3. The Morgan fingerprint density at radius 1 is 0.882 bits per heavy atom. The van der Waals surface area contributed by atoms with Crippen LogP contribution in [-0.2, 0) is 4.74 Å². The number of hydrogen-bond donors (Lipinski definition) is 1. The zero-order chi connectivity index (χ0) is 24.1. The number of alkyl carbamates (subject to hydrolysis) is 1. The molecule has 4 rings (SSSR count). The number of Topliss-reactive ketones (excluding diaryl/α,β-unsaturated/α-hetero) is 1. The van der Waals surface area contributed by atoms with E-state index in [2.05, 4.69) is 29.6 Å². The number of alkyl halides is 3. The van der Waals surface area contributed by atoms with Crippen LogP contribution in [0.3, 0.4) is 0 Å². The molecule has 0 heterocycles. The van der Waals surface area contributed by atoms with Gasteiger partial charge in [0.1, 0.15) is 6.61 Å². The zero-order valence-corrected chi connectivity index (χ0v) is 18.1. The molecule has 0 unspecified atom stereocenters. The van der Waals surface area contributed by atoms with Gasteiger partial charge in [-0.05, 0) is 34.2 Å². The second-order valence-electron chi connectivity index (χ2n) is 7.89. The summed E-state index contributed by atoms with van der Waals surface area (Å²) in [5, 5.41) is 2.70. The fourth-order valence-electron chi connectivity index (χ4n) is 4.04. The third kappa shape index (κ3) is 5.20. The van der Waals surface area contributed by atoms with Gasteiger partial charge in [0.2, 0.25) is 0 Å². The van der Waals surface area contributed by atoms with Gasteiger partial charge in [-0.1, -0.05) is 84.9 Å². The molecule has 3 aromatic carbocycles. The molecule has 0 bridgehead atoms. The van der Waals surface area contributed by atoms with Gasteiger partial charge < -0.3 is 10.1 Å². The van der Waals surface area contributed by atoms with E-state index in [1.165, 1.54) is 12.1 Å². The molecule has 34 heavy (non-hydrogen) atoms. The number of fused-ring (bicyclic) bond motifs is 3. The maximum Gasteiger partial charge on any atom is 0.454 e. The smallest absolute Gasteiger partial charge is 0.449 e. The van der Waals surface area contributed by atoms with E-state index in [-0.39, 0.29) is 12.5 Å². The van der Waals surface area contributed by atoms with Crippen LogP contribution < -0.4 is 5.32 Å². The lowest BCUT2D eigenvalue weighted by atomic mass is 9.98. The number of ether oxygens (including phenoxy) is 1. The van der Waals surface area contributed by atoms with Crippen LogP contribution >= 0.6 is 0 Å². The van der Waals surface area contributed by atoms with E-state index >= 15 is 0 Å². The lowest BCUT2D eigenvalue weighted by Gasteiger charge is -2.14. The molecule has 1 aliphatic carbocycles. The predicted octanol–water partition coefficient (Wildman–Crippen LogP) is 6.37. The molecule has 1 amide bonds. The monoisotopic (exact) mass is 465 g/mol. The lowest BCUT2D eigenvalue weighted by Crippen LogP contribution is -2.26. The van der Waals surface area contributed by atoms with Crippen LogP contribution in [0.25, 0.3) is 17.2 Å². The molecule has 4 nitrogen and oxygen atoms in total. The summed E-state index contributed by atoms with van der Waals surface area (Å²) >= 11 is 0. The van der Waals surface area contributed by atoms with Crippen LogP contribution in [0.5, 0.6) is 0 Å². The Morgan fingerprint density at radius 3 is 2.06 bits per heavy atom. The first kappa shape index (κ1) is 23.3. The minimum atomic E-state index is -4.89. The number of carbonyl (C=O) groups is 2. The molecule has 1 aliphatic rings. The molecule has 0 spiro atoms. The number of ketones is 1. The summed E-state index contributed by atoms with van der Waals surface area (Å²) in [5.41, 5.74) is 4.85. The Kier molecular flexibility index (Phi) is 6.82.